The van der Waals surface area contributed by atoms with Crippen LogP contribution in [0.25, 0.3) is 0 Å². The molecule has 0 bridgehead atoms. The zero-order valence-corrected chi connectivity index (χ0v) is 7.26. The van der Waals surface area contributed by atoms with Crippen LogP contribution in [0.1, 0.15) is 30.9 Å². The fourth-order valence-corrected chi connectivity index (χ4v) is 1.16. The summed E-state index contributed by atoms with van der Waals surface area (Å²) >= 11 is 0. The van der Waals surface area contributed by atoms with Crippen molar-refractivity contribution in [2.75, 3.05) is 0 Å². The average molecular weight is 162 g/mol. The van der Waals surface area contributed by atoms with Crippen molar-refractivity contribution in [3.05, 3.63) is 35.1 Å². The van der Waals surface area contributed by atoms with E-state index in [1.807, 2.05) is 13.8 Å². The number of terminal acetylenes is 1. The van der Waals surface area contributed by atoms with Gasteiger partial charge in [-0.15, -0.1) is 6.42 Å². The molecule has 0 amide bonds. The van der Waals surface area contributed by atoms with Gasteiger partial charge in [-0.2, -0.15) is 0 Å². The molecule has 1 rings (SSSR count). The first-order valence-electron chi connectivity index (χ1n) is 3.91. The third-order valence-electron chi connectivity index (χ3n) is 1.79. The maximum Gasteiger partial charge on any atom is 0.124 e. The minimum absolute atomic E-state index is 0.271. The topological polar surface area (TPSA) is 0 Å². The Hall–Kier alpha value is -1.29. The zero-order valence-electron chi connectivity index (χ0n) is 7.26. The van der Waals surface area contributed by atoms with Gasteiger partial charge in [0.25, 0.3) is 0 Å². The molecule has 0 saturated heterocycles. The molecule has 1 aromatic rings. The smallest absolute Gasteiger partial charge is 0.124 e. The van der Waals surface area contributed by atoms with Gasteiger partial charge < -0.3 is 0 Å². The molecule has 0 N–H and O–H groups in total. The lowest BCUT2D eigenvalue weighted by molar-refractivity contribution is 0.625. The fraction of sp³-hybridized carbons (Fsp3) is 0.273. The minimum Gasteiger partial charge on any atom is -0.207 e. The summed E-state index contributed by atoms with van der Waals surface area (Å²) in [6.07, 6.45) is 5.24. The minimum atomic E-state index is -0.271. The molecule has 0 aliphatic carbocycles. The molecule has 0 aliphatic rings. The quantitative estimate of drug-likeness (QED) is 0.557. The maximum atomic E-state index is 12.7. The molecule has 0 radical (unpaired) electrons. The number of rotatable bonds is 1. The molecule has 0 atom stereocenters. The monoisotopic (exact) mass is 162 g/mol. The molecule has 1 aromatic carbocycles. The van der Waals surface area contributed by atoms with Gasteiger partial charge in [-0.05, 0) is 23.6 Å². The lowest BCUT2D eigenvalue weighted by Crippen LogP contribution is -1.93. The average Bonchev–Trinajstić information content (AvgIpc) is 2.03. The molecule has 62 valence electrons. The Balaban J connectivity index is 3.23. The van der Waals surface area contributed by atoms with Gasteiger partial charge in [0, 0.05) is 5.56 Å². The summed E-state index contributed by atoms with van der Waals surface area (Å²) in [5.41, 5.74) is 1.68. The number of benzene rings is 1. The molecule has 0 aromatic heterocycles. The Labute approximate surface area is 72.4 Å². The summed E-state index contributed by atoms with van der Waals surface area (Å²) in [6, 6.07) is 4.58. The zero-order chi connectivity index (χ0) is 9.14. The molecular weight excluding hydrogens is 151 g/mol. The summed E-state index contributed by atoms with van der Waals surface area (Å²) < 4.78 is 12.7. The lowest BCUT2D eigenvalue weighted by atomic mass is 9.98. The first-order valence-corrected chi connectivity index (χ1v) is 3.91. The summed E-state index contributed by atoms with van der Waals surface area (Å²) in [5.74, 6) is 2.55. The number of hydrogen-bond acceptors (Lipinski definition) is 0. The summed E-state index contributed by atoms with van der Waals surface area (Å²) in [4.78, 5) is 0. The second-order valence-corrected chi connectivity index (χ2v) is 3.03. The maximum absolute atomic E-state index is 12.7. The first kappa shape index (κ1) is 8.80. The highest BCUT2D eigenvalue weighted by Gasteiger charge is 2.04. The highest BCUT2D eigenvalue weighted by molar-refractivity contribution is 5.41. The Morgan fingerprint density at radius 2 is 2.08 bits per heavy atom. The van der Waals surface area contributed by atoms with E-state index in [0.717, 1.165) is 5.56 Å². The van der Waals surface area contributed by atoms with Gasteiger partial charge in [0.05, 0.1) is 0 Å². The molecular formula is C11H11F. The van der Waals surface area contributed by atoms with Crippen LogP contribution in [0.5, 0.6) is 0 Å². The Bertz CT molecular complexity index is 318. The largest absolute Gasteiger partial charge is 0.207 e. The molecule has 0 nitrogen and oxygen atoms in total. The van der Waals surface area contributed by atoms with Gasteiger partial charge in [0.15, 0.2) is 0 Å². The molecule has 0 heterocycles. The van der Waals surface area contributed by atoms with Gasteiger partial charge >= 0.3 is 0 Å². The summed E-state index contributed by atoms with van der Waals surface area (Å²) in [7, 11) is 0. The summed E-state index contributed by atoms with van der Waals surface area (Å²) in [5, 5.41) is 0. The van der Waals surface area contributed by atoms with Crippen LogP contribution in [0, 0.1) is 18.2 Å². The Morgan fingerprint density at radius 3 is 2.58 bits per heavy atom. The van der Waals surface area contributed by atoms with Crippen LogP contribution in [-0.2, 0) is 0 Å². The second kappa shape index (κ2) is 3.40. The van der Waals surface area contributed by atoms with Gasteiger partial charge in [-0.25, -0.2) is 4.39 Å². The van der Waals surface area contributed by atoms with E-state index < -0.39 is 0 Å². The van der Waals surface area contributed by atoms with Gasteiger partial charge in [0.2, 0.25) is 0 Å². The van der Waals surface area contributed by atoms with Gasteiger partial charge in [-0.3, -0.25) is 0 Å². The number of hydrogen-bond donors (Lipinski definition) is 0. The van der Waals surface area contributed by atoms with E-state index in [1.54, 1.807) is 6.07 Å². The van der Waals surface area contributed by atoms with Crippen LogP contribution < -0.4 is 0 Å². The predicted molar refractivity (Wildman–Crippen MR) is 48.4 cm³/mol. The van der Waals surface area contributed by atoms with Crippen LogP contribution in [0.2, 0.25) is 0 Å². The highest BCUT2D eigenvalue weighted by atomic mass is 19.1. The van der Waals surface area contributed by atoms with Gasteiger partial charge in [0.1, 0.15) is 5.82 Å². The van der Waals surface area contributed by atoms with E-state index >= 15 is 0 Å². The fourth-order valence-electron chi connectivity index (χ4n) is 1.16. The Morgan fingerprint density at radius 1 is 1.42 bits per heavy atom. The Kier molecular flexibility index (Phi) is 2.50. The highest BCUT2D eigenvalue weighted by Crippen LogP contribution is 2.19. The standard InChI is InChI=1S/C11H11F/c1-4-9-7-10(12)5-6-11(9)8(2)3/h1,5-8H,2-3H3. The number of halogens is 1. The first-order chi connectivity index (χ1) is 5.65. The van der Waals surface area contributed by atoms with E-state index in [2.05, 4.69) is 5.92 Å². The summed E-state index contributed by atoms with van der Waals surface area (Å²) in [6.45, 7) is 4.07. The SMILES string of the molecule is C#Cc1cc(F)ccc1C(C)C. The van der Waals surface area contributed by atoms with Crippen molar-refractivity contribution in [3.8, 4) is 12.3 Å². The second-order valence-electron chi connectivity index (χ2n) is 3.03. The van der Waals surface area contributed by atoms with Gasteiger partial charge in [-0.1, -0.05) is 25.8 Å². The normalized spacial score (nSPS) is 9.92. The van der Waals surface area contributed by atoms with Crippen molar-refractivity contribution in [1.82, 2.24) is 0 Å². The third kappa shape index (κ3) is 1.65. The molecule has 0 spiro atoms. The predicted octanol–water partition coefficient (Wildman–Crippen LogP) is 2.93. The molecule has 0 aliphatic heterocycles. The van der Waals surface area contributed by atoms with Crippen molar-refractivity contribution >= 4 is 0 Å². The van der Waals surface area contributed by atoms with Crippen LogP contribution in [0.3, 0.4) is 0 Å². The van der Waals surface area contributed by atoms with E-state index in [9.17, 15) is 4.39 Å². The van der Waals surface area contributed by atoms with Crippen molar-refractivity contribution in [3.63, 3.8) is 0 Å². The van der Waals surface area contributed by atoms with Crippen molar-refractivity contribution in [2.24, 2.45) is 0 Å². The molecule has 0 unspecified atom stereocenters. The lowest BCUT2D eigenvalue weighted by Gasteiger charge is -2.07. The molecule has 12 heavy (non-hydrogen) atoms. The third-order valence-corrected chi connectivity index (χ3v) is 1.79. The molecule has 1 heteroatoms. The van der Waals surface area contributed by atoms with Crippen LogP contribution >= 0.6 is 0 Å². The van der Waals surface area contributed by atoms with E-state index in [0.29, 0.717) is 11.5 Å². The van der Waals surface area contributed by atoms with Crippen molar-refractivity contribution < 1.29 is 4.39 Å². The van der Waals surface area contributed by atoms with E-state index in [-0.39, 0.29) is 5.82 Å². The van der Waals surface area contributed by atoms with Crippen LogP contribution in [-0.4, -0.2) is 0 Å². The molecule has 0 fully saturated rings. The molecule has 0 saturated carbocycles. The van der Waals surface area contributed by atoms with E-state index in [1.165, 1.54) is 12.1 Å². The van der Waals surface area contributed by atoms with Crippen molar-refractivity contribution in [2.45, 2.75) is 19.8 Å². The van der Waals surface area contributed by atoms with Crippen molar-refractivity contribution in [1.29, 1.82) is 0 Å². The van der Waals surface area contributed by atoms with Crippen LogP contribution in [0.4, 0.5) is 4.39 Å². The van der Waals surface area contributed by atoms with Crippen LogP contribution in [0.15, 0.2) is 18.2 Å². The van der Waals surface area contributed by atoms with E-state index in [4.69, 9.17) is 6.42 Å².